The molecule has 1 unspecified atom stereocenters. The molecule has 0 saturated heterocycles. The second-order valence-corrected chi connectivity index (χ2v) is 3.00. The summed E-state index contributed by atoms with van der Waals surface area (Å²) in [6.07, 6.45) is -5.42. The van der Waals surface area contributed by atoms with Gasteiger partial charge >= 0.3 is 6.18 Å². The second kappa shape index (κ2) is 4.61. The Morgan fingerprint density at radius 1 is 1.29 bits per heavy atom. The zero-order valence-electron chi connectivity index (χ0n) is 7.43. The van der Waals surface area contributed by atoms with E-state index in [4.69, 9.17) is 11.5 Å². The van der Waals surface area contributed by atoms with E-state index in [0.717, 1.165) is 0 Å². The summed E-state index contributed by atoms with van der Waals surface area (Å²) in [6, 6.07) is 0. The van der Waals surface area contributed by atoms with Crippen LogP contribution in [0.5, 0.6) is 0 Å². The molecule has 0 amide bonds. The summed E-state index contributed by atoms with van der Waals surface area (Å²) < 4.78 is 36.6. The van der Waals surface area contributed by atoms with E-state index in [1.807, 2.05) is 0 Å². The highest BCUT2D eigenvalue weighted by Gasteiger charge is 2.52. The number of unbranched alkanes of at least 4 members (excludes halogenated alkanes) is 1. The van der Waals surface area contributed by atoms with Crippen molar-refractivity contribution in [2.24, 2.45) is 11.5 Å². The molecule has 0 aromatic rings. The minimum Gasteiger partial charge on any atom is -0.548 e. The topological polar surface area (TPSA) is 92.2 Å². The Kier molecular flexibility index (Phi) is 4.34. The van der Waals surface area contributed by atoms with Crippen LogP contribution in [-0.4, -0.2) is 24.2 Å². The van der Waals surface area contributed by atoms with Gasteiger partial charge in [0.15, 0.2) is 5.54 Å². The fraction of sp³-hybridized carbons (Fsp3) is 0.857. The largest absolute Gasteiger partial charge is 0.548 e. The lowest BCUT2D eigenvalue weighted by Gasteiger charge is -2.32. The molecule has 0 aliphatic rings. The van der Waals surface area contributed by atoms with Crippen molar-refractivity contribution < 1.29 is 23.1 Å². The normalized spacial score (nSPS) is 16.4. The molecule has 4 N–H and O–H groups in total. The van der Waals surface area contributed by atoms with E-state index in [0.29, 0.717) is 6.42 Å². The molecule has 0 bridgehead atoms. The van der Waals surface area contributed by atoms with Gasteiger partial charge in [0.2, 0.25) is 0 Å². The number of alkyl halides is 3. The van der Waals surface area contributed by atoms with Gasteiger partial charge in [-0.1, -0.05) is 0 Å². The number of aliphatic carboxylic acids is 1. The van der Waals surface area contributed by atoms with Crippen LogP contribution in [0.25, 0.3) is 0 Å². The molecule has 0 radical (unpaired) electrons. The second-order valence-electron chi connectivity index (χ2n) is 3.00. The van der Waals surface area contributed by atoms with Gasteiger partial charge in [0.05, 0.1) is 5.97 Å². The van der Waals surface area contributed by atoms with Crippen molar-refractivity contribution in [3.8, 4) is 0 Å². The van der Waals surface area contributed by atoms with E-state index in [-0.39, 0.29) is 13.0 Å². The highest BCUT2D eigenvalue weighted by Crippen LogP contribution is 2.31. The number of halogens is 3. The average Bonchev–Trinajstić information content (AvgIpc) is 2.02. The van der Waals surface area contributed by atoms with Crippen molar-refractivity contribution in [1.82, 2.24) is 0 Å². The maximum atomic E-state index is 12.2. The van der Waals surface area contributed by atoms with Gasteiger partial charge < -0.3 is 21.4 Å². The summed E-state index contributed by atoms with van der Waals surface area (Å²) in [6.45, 7) is 0.195. The maximum absolute atomic E-state index is 12.2. The summed E-state index contributed by atoms with van der Waals surface area (Å²) in [5.74, 6) is -2.30. The van der Waals surface area contributed by atoms with Gasteiger partial charge in [-0.25, -0.2) is 0 Å². The predicted molar refractivity (Wildman–Crippen MR) is 40.9 cm³/mol. The monoisotopic (exact) mass is 213 g/mol. The van der Waals surface area contributed by atoms with Crippen LogP contribution >= 0.6 is 0 Å². The molecule has 1 atom stereocenters. The van der Waals surface area contributed by atoms with Crippen LogP contribution in [0.2, 0.25) is 0 Å². The first-order valence-electron chi connectivity index (χ1n) is 4.03. The molecule has 84 valence electrons. The lowest BCUT2D eigenvalue weighted by Crippen LogP contribution is -2.64. The number of rotatable bonds is 5. The van der Waals surface area contributed by atoms with Crippen LogP contribution in [0.4, 0.5) is 13.2 Å². The first-order chi connectivity index (χ1) is 6.25. The third kappa shape index (κ3) is 2.85. The van der Waals surface area contributed by atoms with Crippen molar-refractivity contribution in [3.63, 3.8) is 0 Å². The number of nitrogens with two attached hydrogens (primary N) is 2. The molecule has 0 heterocycles. The number of hydrogen-bond acceptors (Lipinski definition) is 4. The maximum Gasteiger partial charge on any atom is 0.411 e. The van der Waals surface area contributed by atoms with Crippen LogP contribution in [0.1, 0.15) is 19.3 Å². The van der Waals surface area contributed by atoms with Gasteiger partial charge in [-0.05, 0) is 25.8 Å². The Balaban J connectivity index is 4.50. The van der Waals surface area contributed by atoms with Crippen molar-refractivity contribution in [2.75, 3.05) is 6.54 Å². The standard InChI is InChI=1S/C7H13F3N2O2/c8-7(9,10)6(12,5(13)14)3-1-2-4-11/h1-4,11-12H2,(H,13,14)/p-1. The minimum atomic E-state index is -5.00. The smallest absolute Gasteiger partial charge is 0.411 e. The molecule has 0 spiro atoms. The predicted octanol–water partition coefficient (Wildman–Crippen LogP) is -0.875. The van der Waals surface area contributed by atoms with E-state index in [9.17, 15) is 23.1 Å². The van der Waals surface area contributed by atoms with Crippen molar-refractivity contribution in [3.05, 3.63) is 0 Å². The van der Waals surface area contributed by atoms with Gasteiger partial charge in [0.1, 0.15) is 0 Å². The van der Waals surface area contributed by atoms with E-state index >= 15 is 0 Å². The van der Waals surface area contributed by atoms with Gasteiger partial charge in [-0.2, -0.15) is 13.2 Å². The molecule has 0 aromatic heterocycles. The lowest BCUT2D eigenvalue weighted by molar-refractivity contribution is -0.329. The molecule has 0 rings (SSSR count). The van der Waals surface area contributed by atoms with Crippen LogP contribution < -0.4 is 16.6 Å². The Labute approximate surface area is 79.1 Å². The summed E-state index contributed by atoms with van der Waals surface area (Å²) >= 11 is 0. The van der Waals surface area contributed by atoms with Crippen LogP contribution in [0, 0.1) is 0 Å². The Morgan fingerprint density at radius 3 is 2.07 bits per heavy atom. The van der Waals surface area contributed by atoms with E-state index in [1.54, 1.807) is 0 Å². The summed E-state index contributed by atoms with van der Waals surface area (Å²) in [5.41, 5.74) is 6.53. The molecule has 0 aliphatic heterocycles. The van der Waals surface area contributed by atoms with Gasteiger partial charge in [0.25, 0.3) is 0 Å². The van der Waals surface area contributed by atoms with E-state index in [2.05, 4.69) is 0 Å². The Morgan fingerprint density at radius 2 is 1.79 bits per heavy atom. The molecular weight excluding hydrogens is 201 g/mol. The van der Waals surface area contributed by atoms with Crippen molar-refractivity contribution in [2.45, 2.75) is 31.0 Å². The van der Waals surface area contributed by atoms with Crippen molar-refractivity contribution in [1.29, 1.82) is 0 Å². The molecule has 0 aromatic carbocycles. The van der Waals surface area contributed by atoms with Gasteiger partial charge in [-0.3, -0.25) is 0 Å². The van der Waals surface area contributed by atoms with Crippen molar-refractivity contribution >= 4 is 5.97 Å². The molecule has 0 saturated carbocycles. The SMILES string of the molecule is NCCCCC(N)(C(=O)[O-])C(F)(F)F. The number of carboxylic acid groups (broad SMARTS) is 1. The number of carbonyl (C=O) groups is 1. The Bertz CT molecular complexity index is 208. The first kappa shape index (κ1) is 13.2. The number of hydrogen-bond donors (Lipinski definition) is 2. The molecule has 0 aliphatic carbocycles. The Hall–Kier alpha value is -0.820. The average molecular weight is 213 g/mol. The molecule has 0 fully saturated rings. The lowest BCUT2D eigenvalue weighted by atomic mass is 9.93. The molecule has 4 nitrogen and oxygen atoms in total. The highest BCUT2D eigenvalue weighted by atomic mass is 19.4. The highest BCUT2D eigenvalue weighted by molar-refractivity contribution is 5.77. The third-order valence-corrected chi connectivity index (χ3v) is 1.90. The van der Waals surface area contributed by atoms with E-state index in [1.165, 1.54) is 0 Å². The van der Waals surface area contributed by atoms with Crippen LogP contribution in [0.3, 0.4) is 0 Å². The van der Waals surface area contributed by atoms with Crippen LogP contribution in [0.15, 0.2) is 0 Å². The summed E-state index contributed by atoms with van der Waals surface area (Å²) in [5, 5.41) is 10.3. The minimum absolute atomic E-state index is 0.000486. The molecule has 7 heteroatoms. The zero-order chi connectivity index (χ0) is 11.4. The zero-order valence-corrected chi connectivity index (χ0v) is 7.43. The first-order valence-corrected chi connectivity index (χ1v) is 4.03. The summed E-state index contributed by atoms with van der Waals surface area (Å²) in [4.78, 5) is 10.3. The molecule has 14 heavy (non-hydrogen) atoms. The fourth-order valence-corrected chi connectivity index (χ4v) is 0.908. The number of carbonyl (C=O) groups excluding carboxylic acids is 1. The van der Waals surface area contributed by atoms with Crippen LogP contribution in [-0.2, 0) is 4.79 Å². The van der Waals surface area contributed by atoms with Gasteiger partial charge in [0, 0.05) is 0 Å². The summed E-state index contributed by atoms with van der Waals surface area (Å²) in [7, 11) is 0. The fourth-order valence-electron chi connectivity index (χ4n) is 0.908. The number of carboxylic acids is 1. The molecular formula is C7H12F3N2O2-. The van der Waals surface area contributed by atoms with E-state index < -0.39 is 24.1 Å². The van der Waals surface area contributed by atoms with Gasteiger partial charge in [-0.15, -0.1) is 0 Å². The third-order valence-electron chi connectivity index (χ3n) is 1.90. The quantitative estimate of drug-likeness (QED) is 0.580.